The second kappa shape index (κ2) is 9.03. The maximum absolute atomic E-state index is 11.5. The topological polar surface area (TPSA) is 114 Å². The summed E-state index contributed by atoms with van der Waals surface area (Å²) in [5, 5.41) is 7.90. The fraction of sp³-hybridized carbons (Fsp3) is 0.250. The van der Waals surface area contributed by atoms with Gasteiger partial charge in [-0.1, -0.05) is 0 Å². The van der Waals surface area contributed by atoms with Crippen LogP contribution in [0, 0.1) is 0 Å². The highest BCUT2D eigenvalue weighted by molar-refractivity contribution is 9.10. The van der Waals surface area contributed by atoms with Gasteiger partial charge in [0, 0.05) is 38.9 Å². The van der Waals surface area contributed by atoms with E-state index in [-0.39, 0.29) is 5.69 Å². The number of hydrogen-bond acceptors (Lipinski definition) is 8. The van der Waals surface area contributed by atoms with Crippen molar-refractivity contribution < 1.29 is 19.1 Å². The molecule has 10 nitrogen and oxygen atoms in total. The minimum absolute atomic E-state index is 0.219. The largest absolute Gasteiger partial charge is 0.464 e. The van der Waals surface area contributed by atoms with Gasteiger partial charge in [0.15, 0.2) is 17.2 Å². The molecule has 0 saturated carbocycles. The second-order valence-electron chi connectivity index (χ2n) is 5.12. The Balaban J connectivity index is 0.000000208. The van der Waals surface area contributed by atoms with E-state index in [2.05, 4.69) is 45.6 Å². The Kier molecular flexibility index (Phi) is 6.77. The molecule has 142 valence electrons. The van der Waals surface area contributed by atoms with E-state index in [1.807, 2.05) is 0 Å². The molecule has 27 heavy (non-hydrogen) atoms. The molecule has 11 heteroatoms. The first kappa shape index (κ1) is 20.2. The molecule has 0 amide bonds. The summed E-state index contributed by atoms with van der Waals surface area (Å²) in [4.78, 5) is 30.5. The van der Waals surface area contributed by atoms with Crippen LogP contribution in [0.2, 0.25) is 0 Å². The fourth-order valence-electron chi connectivity index (χ4n) is 2.03. The van der Waals surface area contributed by atoms with E-state index in [1.165, 1.54) is 23.6 Å². The Labute approximate surface area is 163 Å². The average molecular weight is 437 g/mol. The predicted octanol–water partition coefficient (Wildman–Crippen LogP) is 1.63. The fourth-order valence-corrected chi connectivity index (χ4v) is 2.57. The van der Waals surface area contributed by atoms with E-state index >= 15 is 0 Å². The summed E-state index contributed by atoms with van der Waals surface area (Å²) in [6, 6.07) is 1.71. The van der Waals surface area contributed by atoms with Gasteiger partial charge >= 0.3 is 11.9 Å². The van der Waals surface area contributed by atoms with Crippen LogP contribution < -0.4 is 0 Å². The number of carbonyl (C=O) groups is 2. The molecule has 0 aliphatic heterocycles. The molecule has 0 radical (unpaired) electrons. The molecule has 0 fully saturated rings. The van der Waals surface area contributed by atoms with E-state index in [9.17, 15) is 9.59 Å². The number of aromatic nitrogens is 6. The van der Waals surface area contributed by atoms with Crippen LogP contribution >= 0.6 is 15.9 Å². The summed E-state index contributed by atoms with van der Waals surface area (Å²) in [7, 11) is 6.09. The van der Waals surface area contributed by atoms with Gasteiger partial charge < -0.3 is 9.47 Å². The SMILES string of the molecule is COC(=O)c1nn(C)cc1-c1ncccn1.COC(=O)c1nn(C)cc1Br. The molecule has 0 N–H and O–H groups in total. The summed E-state index contributed by atoms with van der Waals surface area (Å²) in [5.41, 5.74) is 1.08. The molecular weight excluding hydrogens is 420 g/mol. The van der Waals surface area contributed by atoms with E-state index in [4.69, 9.17) is 0 Å². The summed E-state index contributed by atoms with van der Waals surface area (Å²) >= 11 is 3.17. The molecule has 0 aliphatic rings. The highest BCUT2D eigenvalue weighted by Crippen LogP contribution is 2.18. The lowest BCUT2D eigenvalue weighted by Crippen LogP contribution is -2.05. The first-order valence-electron chi connectivity index (χ1n) is 7.54. The lowest BCUT2D eigenvalue weighted by Gasteiger charge is -1.98. The van der Waals surface area contributed by atoms with Crippen molar-refractivity contribution in [3.63, 3.8) is 0 Å². The van der Waals surface area contributed by atoms with Crippen molar-refractivity contribution in [2.24, 2.45) is 14.1 Å². The number of carbonyl (C=O) groups excluding carboxylic acids is 2. The van der Waals surface area contributed by atoms with Gasteiger partial charge in [0.2, 0.25) is 0 Å². The molecule has 0 unspecified atom stereocenters. The second-order valence-corrected chi connectivity index (χ2v) is 5.97. The molecule has 3 rings (SSSR count). The normalized spacial score (nSPS) is 9.96. The Hall–Kier alpha value is -3.08. The van der Waals surface area contributed by atoms with Crippen LogP contribution in [0.1, 0.15) is 21.0 Å². The lowest BCUT2D eigenvalue weighted by atomic mass is 10.2. The lowest BCUT2D eigenvalue weighted by molar-refractivity contribution is 0.0584. The Bertz CT molecular complexity index is 938. The molecule has 0 atom stereocenters. The van der Waals surface area contributed by atoms with Crippen molar-refractivity contribution in [1.29, 1.82) is 0 Å². The van der Waals surface area contributed by atoms with Crippen LogP contribution in [0.25, 0.3) is 11.4 Å². The molecule has 0 aliphatic carbocycles. The Morgan fingerprint density at radius 3 is 1.96 bits per heavy atom. The van der Waals surface area contributed by atoms with Crippen molar-refractivity contribution in [2.45, 2.75) is 0 Å². The van der Waals surface area contributed by atoms with Crippen molar-refractivity contribution in [1.82, 2.24) is 29.5 Å². The molecular formula is C16H17BrN6O4. The van der Waals surface area contributed by atoms with Crippen LogP contribution in [-0.2, 0) is 23.6 Å². The minimum Gasteiger partial charge on any atom is -0.464 e. The predicted molar refractivity (Wildman–Crippen MR) is 97.8 cm³/mol. The summed E-state index contributed by atoms with van der Waals surface area (Å²) in [6.45, 7) is 0. The van der Waals surface area contributed by atoms with E-state index in [1.54, 1.807) is 44.9 Å². The van der Waals surface area contributed by atoms with Crippen LogP contribution in [0.4, 0.5) is 0 Å². The van der Waals surface area contributed by atoms with Crippen LogP contribution in [0.15, 0.2) is 35.3 Å². The third kappa shape index (κ3) is 4.97. The molecule has 0 bridgehead atoms. The Morgan fingerprint density at radius 1 is 0.926 bits per heavy atom. The molecule has 3 heterocycles. The number of halogens is 1. The van der Waals surface area contributed by atoms with Gasteiger partial charge in [0.05, 0.1) is 24.3 Å². The molecule has 0 spiro atoms. The molecule has 0 saturated heterocycles. The van der Waals surface area contributed by atoms with Crippen molar-refractivity contribution in [3.8, 4) is 11.4 Å². The minimum atomic E-state index is -0.497. The van der Waals surface area contributed by atoms with Crippen molar-refractivity contribution >= 4 is 27.9 Å². The number of hydrogen-bond donors (Lipinski definition) is 0. The van der Waals surface area contributed by atoms with Gasteiger partial charge in [-0.2, -0.15) is 10.2 Å². The van der Waals surface area contributed by atoms with Crippen molar-refractivity contribution in [2.75, 3.05) is 14.2 Å². The number of methoxy groups -OCH3 is 2. The van der Waals surface area contributed by atoms with Gasteiger partial charge in [-0.05, 0) is 22.0 Å². The first-order valence-corrected chi connectivity index (χ1v) is 8.33. The summed E-state index contributed by atoms with van der Waals surface area (Å²) < 4.78 is 12.8. The van der Waals surface area contributed by atoms with E-state index < -0.39 is 11.9 Å². The van der Waals surface area contributed by atoms with Crippen LogP contribution in [0.3, 0.4) is 0 Å². The van der Waals surface area contributed by atoms with Crippen LogP contribution in [-0.4, -0.2) is 55.7 Å². The number of rotatable bonds is 3. The summed E-state index contributed by atoms with van der Waals surface area (Å²) in [5.74, 6) is -0.475. The first-order chi connectivity index (χ1) is 12.9. The van der Waals surface area contributed by atoms with Gasteiger partial charge in [-0.25, -0.2) is 19.6 Å². The van der Waals surface area contributed by atoms with Gasteiger partial charge in [-0.3, -0.25) is 9.36 Å². The molecule has 3 aromatic heterocycles. The van der Waals surface area contributed by atoms with Gasteiger partial charge in [0.1, 0.15) is 0 Å². The zero-order valence-electron chi connectivity index (χ0n) is 15.1. The van der Waals surface area contributed by atoms with E-state index in [0.717, 1.165) is 0 Å². The highest BCUT2D eigenvalue weighted by atomic mass is 79.9. The molecule has 0 aromatic carbocycles. The third-order valence-corrected chi connectivity index (χ3v) is 3.76. The third-order valence-electron chi connectivity index (χ3n) is 3.18. The van der Waals surface area contributed by atoms with Gasteiger partial charge in [-0.15, -0.1) is 0 Å². The Morgan fingerprint density at radius 2 is 1.44 bits per heavy atom. The smallest absolute Gasteiger partial charge is 0.359 e. The van der Waals surface area contributed by atoms with Gasteiger partial charge in [0.25, 0.3) is 0 Å². The number of nitrogens with zero attached hydrogens (tertiary/aromatic N) is 6. The maximum Gasteiger partial charge on any atom is 0.359 e. The van der Waals surface area contributed by atoms with Crippen molar-refractivity contribution in [3.05, 3.63) is 46.7 Å². The quantitative estimate of drug-likeness (QED) is 0.569. The monoisotopic (exact) mass is 436 g/mol. The zero-order valence-corrected chi connectivity index (χ0v) is 16.7. The summed E-state index contributed by atoms with van der Waals surface area (Å²) in [6.07, 6.45) is 6.58. The average Bonchev–Trinajstić information content (AvgIpc) is 3.23. The highest BCUT2D eigenvalue weighted by Gasteiger charge is 2.19. The standard InChI is InChI=1S/C10H10N4O2.C6H7BrN2O2/c1-14-6-7(8(13-14)10(15)16-2)9-11-4-3-5-12-9;1-9-3-4(7)5(8-9)6(10)11-2/h3-6H,1-2H3;3H,1-2H3. The number of esters is 2. The number of ether oxygens (including phenoxy) is 2. The maximum atomic E-state index is 11.5. The van der Waals surface area contributed by atoms with E-state index in [0.29, 0.717) is 21.6 Å². The zero-order chi connectivity index (χ0) is 20.0. The van der Waals surface area contributed by atoms with Crippen LogP contribution in [0.5, 0.6) is 0 Å². The number of aryl methyl sites for hydroxylation is 2. The molecule has 3 aromatic rings.